The lowest BCUT2D eigenvalue weighted by Crippen LogP contribution is -2.29. The van der Waals surface area contributed by atoms with Gasteiger partial charge in [0, 0.05) is 12.8 Å². The van der Waals surface area contributed by atoms with E-state index in [1.54, 1.807) is 0 Å². The molecule has 0 aromatic heterocycles. The Morgan fingerprint density at radius 3 is 1.60 bits per heavy atom. The van der Waals surface area contributed by atoms with Gasteiger partial charge < -0.3 is 24.6 Å². The van der Waals surface area contributed by atoms with Crippen LogP contribution in [0.25, 0.3) is 0 Å². The van der Waals surface area contributed by atoms with Crippen molar-refractivity contribution in [2.45, 2.75) is 129 Å². The maximum atomic E-state index is 12.5. The van der Waals surface area contributed by atoms with Gasteiger partial charge in [-0.3, -0.25) is 18.6 Å². The molecule has 0 aromatic rings. The molecular weight excluding hydrogens is 719 g/mol. The third kappa shape index (κ3) is 38.7. The summed E-state index contributed by atoms with van der Waals surface area (Å²) in [4.78, 5) is 34.9. The molecule has 0 saturated heterocycles. The summed E-state index contributed by atoms with van der Waals surface area (Å²) in [6.07, 6.45) is 47.8. The highest BCUT2D eigenvalue weighted by Crippen LogP contribution is 2.43. The number of phosphoric acid groups is 1. The SMILES string of the molecule is CC/C=C/C=C/C=C/C=C/CCCCCC(=O)OC(COC(=O)CCCCC/C=C/C/C=C/C/C=C/C/C=C/C/C=C/CC)COP(=O)(O)OC[C@H](O)CO. The number of ether oxygens (including phenoxy) is 2. The minimum atomic E-state index is -4.64. The first-order valence-corrected chi connectivity index (χ1v) is 21.4. The lowest BCUT2D eigenvalue weighted by atomic mass is 10.1. The third-order valence-electron chi connectivity index (χ3n) is 7.52. The van der Waals surface area contributed by atoms with Gasteiger partial charge in [-0.15, -0.1) is 0 Å². The second kappa shape index (κ2) is 38.9. The quantitative estimate of drug-likeness (QED) is 0.0186. The number of carbonyl (C=O) groups is 2. The van der Waals surface area contributed by atoms with E-state index in [0.29, 0.717) is 12.8 Å². The van der Waals surface area contributed by atoms with Crippen LogP contribution in [-0.2, 0) is 32.7 Å². The number of hydrogen-bond donors (Lipinski definition) is 3. The highest BCUT2D eigenvalue weighted by Gasteiger charge is 2.27. The summed E-state index contributed by atoms with van der Waals surface area (Å²) >= 11 is 0. The molecule has 0 saturated carbocycles. The van der Waals surface area contributed by atoms with Crippen LogP contribution in [0.15, 0.2) is 109 Å². The van der Waals surface area contributed by atoms with Crippen LogP contribution in [0.5, 0.6) is 0 Å². The fraction of sp³-hybridized carbons (Fsp3) is 0.545. The summed E-state index contributed by atoms with van der Waals surface area (Å²) in [6.45, 7) is 1.99. The Balaban J connectivity index is 4.48. The largest absolute Gasteiger partial charge is 0.472 e. The Kier molecular flexibility index (Phi) is 36.5. The monoisotopic (exact) mass is 788 g/mol. The van der Waals surface area contributed by atoms with Gasteiger partial charge in [0.05, 0.1) is 19.8 Å². The predicted molar refractivity (Wildman–Crippen MR) is 223 cm³/mol. The van der Waals surface area contributed by atoms with E-state index >= 15 is 0 Å². The highest BCUT2D eigenvalue weighted by molar-refractivity contribution is 7.47. The number of aliphatic hydroxyl groups is 2. The number of carbonyl (C=O) groups excluding carboxylic acids is 2. The third-order valence-corrected chi connectivity index (χ3v) is 8.47. The van der Waals surface area contributed by atoms with Crippen molar-refractivity contribution < 1.29 is 47.8 Å². The molecular formula is C44H69O10P. The highest BCUT2D eigenvalue weighted by atomic mass is 31.2. The first kappa shape index (κ1) is 51.6. The fourth-order valence-electron chi connectivity index (χ4n) is 4.50. The average Bonchev–Trinajstić information content (AvgIpc) is 3.17. The van der Waals surface area contributed by atoms with Crippen molar-refractivity contribution in [3.05, 3.63) is 109 Å². The molecule has 55 heavy (non-hydrogen) atoms. The van der Waals surface area contributed by atoms with Crippen LogP contribution < -0.4 is 0 Å². The van der Waals surface area contributed by atoms with E-state index in [4.69, 9.17) is 19.1 Å². The zero-order valence-electron chi connectivity index (χ0n) is 33.3. The van der Waals surface area contributed by atoms with E-state index in [1.807, 2.05) is 36.5 Å². The molecule has 10 nitrogen and oxygen atoms in total. The maximum Gasteiger partial charge on any atom is 0.472 e. The first-order valence-electron chi connectivity index (χ1n) is 19.9. The van der Waals surface area contributed by atoms with Crippen LogP contribution in [0.2, 0.25) is 0 Å². The van der Waals surface area contributed by atoms with Gasteiger partial charge in [-0.1, -0.05) is 136 Å². The smallest absolute Gasteiger partial charge is 0.462 e. The van der Waals surface area contributed by atoms with Gasteiger partial charge in [0.15, 0.2) is 6.10 Å². The summed E-state index contributed by atoms with van der Waals surface area (Å²) in [5.74, 6) is -1.02. The van der Waals surface area contributed by atoms with E-state index in [-0.39, 0.29) is 19.4 Å². The normalized spacial score (nSPS) is 15.1. The van der Waals surface area contributed by atoms with Crippen LogP contribution in [0.4, 0.5) is 0 Å². The Labute approximate surface area is 331 Å². The van der Waals surface area contributed by atoms with E-state index < -0.39 is 51.8 Å². The van der Waals surface area contributed by atoms with Crippen molar-refractivity contribution in [3.8, 4) is 0 Å². The zero-order valence-corrected chi connectivity index (χ0v) is 34.2. The number of esters is 2. The van der Waals surface area contributed by atoms with Crippen molar-refractivity contribution in [1.29, 1.82) is 0 Å². The first-order chi connectivity index (χ1) is 26.7. The Bertz CT molecular complexity index is 1270. The summed E-state index contributed by atoms with van der Waals surface area (Å²) in [5, 5.41) is 18.3. The molecule has 0 rings (SSSR count). The van der Waals surface area contributed by atoms with Crippen molar-refractivity contribution in [2.75, 3.05) is 26.4 Å². The number of allylic oxidation sites excluding steroid dienone is 18. The number of hydrogen-bond acceptors (Lipinski definition) is 9. The molecule has 0 heterocycles. The Morgan fingerprint density at radius 2 is 1.04 bits per heavy atom. The molecule has 3 atom stereocenters. The standard InChI is InChI=1S/C44H69O10P/c1-3-5-7-9-11-13-15-17-18-19-20-21-22-24-25-27-29-31-33-35-43(47)51-39-42(40-53-55(49,50)52-38-41(46)37-45)54-44(48)36-34-32-30-28-26-23-16-14-12-10-8-6-4-2/h5-8,10-14,16-18,20-21,23-26,41-42,45-46H,3-4,9,15,19,22,27-40H2,1-2H3,(H,49,50)/b7-5+,8-6+,12-10+,13-11+,16-14+,18-17+,21-20+,25-24+,26-23+/t41-,42?/m1/s1. The molecule has 0 aliphatic carbocycles. The molecule has 11 heteroatoms. The van der Waals surface area contributed by atoms with Gasteiger partial charge in [0.2, 0.25) is 0 Å². The summed E-state index contributed by atoms with van der Waals surface area (Å²) in [7, 11) is -4.64. The van der Waals surface area contributed by atoms with Crippen molar-refractivity contribution >= 4 is 19.8 Å². The summed E-state index contributed by atoms with van der Waals surface area (Å²) in [6, 6.07) is 0. The lowest BCUT2D eigenvalue weighted by Gasteiger charge is -2.20. The Morgan fingerprint density at radius 1 is 0.564 bits per heavy atom. The molecule has 310 valence electrons. The van der Waals surface area contributed by atoms with Crippen LogP contribution in [0.3, 0.4) is 0 Å². The van der Waals surface area contributed by atoms with E-state index in [2.05, 4.69) is 91.3 Å². The number of unbranched alkanes of at least 4 members (excludes halogenated alkanes) is 6. The Hall–Kier alpha value is -3.37. The van der Waals surface area contributed by atoms with Gasteiger partial charge in [0.25, 0.3) is 0 Å². The van der Waals surface area contributed by atoms with Crippen LogP contribution in [0, 0.1) is 0 Å². The second-order valence-corrected chi connectivity index (χ2v) is 14.1. The van der Waals surface area contributed by atoms with Gasteiger partial charge in [0.1, 0.15) is 12.7 Å². The topological polar surface area (TPSA) is 149 Å². The molecule has 0 fully saturated rings. The number of phosphoric ester groups is 1. The number of aliphatic hydroxyl groups excluding tert-OH is 2. The van der Waals surface area contributed by atoms with E-state index in [9.17, 15) is 24.2 Å². The lowest BCUT2D eigenvalue weighted by molar-refractivity contribution is -0.161. The minimum absolute atomic E-state index is 0.123. The molecule has 0 aliphatic rings. The van der Waals surface area contributed by atoms with Crippen LogP contribution >= 0.6 is 7.82 Å². The van der Waals surface area contributed by atoms with Gasteiger partial charge >= 0.3 is 19.8 Å². The summed E-state index contributed by atoms with van der Waals surface area (Å²) in [5.41, 5.74) is 0. The predicted octanol–water partition coefficient (Wildman–Crippen LogP) is 10.2. The molecule has 0 spiro atoms. The molecule has 2 unspecified atom stereocenters. The molecule has 0 aromatic carbocycles. The zero-order chi connectivity index (χ0) is 40.5. The molecule has 3 N–H and O–H groups in total. The summed E-state index contributed by atoms with van der Waals surface area (Å²) < 4.78 is 32.5. The van der Waals surface area contributed by atoms with Gasteiger partial charge in [-0.2, -0.15) is 0 Å². The molecule has 0 bridgehead atoms. The van der Waals surface area contributed by atoms with Crippen molar-refractivity contribution in [2.24, 2.45) is 0 Å². The van der Waals surface area contributed by atoms with Gasteiger partial charge in [-0.25, -0.2) is 4.57 Å². The van der Waals surface area contributed by atoms with Gasteiger partial charge in [-0.05, 0) is 77.0 Å². The minimum Gasteiger partial charge on any atom is -0.462 e. The molecule has 0 amide bonds. The molecule has 0 radical (unpaired) electrons. The van der Waals surface area contributed by atoms with Crippen LogP contribution in [0.1, 0.15) is 117 Å². The second-order valence-electron chi connectivity index (χ2n) is 12.6. The van der Waals surface area contributed by atoms with Crippen LogP contribution in [-0.4, -0.2) is 65.7 Å². The average molecular weight is 789 g/mol. The van der Waals surface area contributed by atoms with E-state index in [1.165, 1.54) is 0 Å². The van der Waals surface area contributed by atoms with E-state index in [0.717, 1.165) is 77.0 Å². The maximum absolute atomic E-state index is 12.5. The fourth-order valence-corrected chi connectivity index (χ4v) is 5.29. The molecule has 0 aliphatic heterocycles. The van der Waals surface area contributed by atoms with Crippen molar-refractivity contribution in [3.63, 3.8) is 0 Å². The van der Waals surface area contributed by atoms with Crippen molar-refractivity contribution in [1.82, 2.24) is 0 Å². The number of rotatable bonds is 35.